The Morgan fingerprint density at radius 2 is 1.80 bits per heavy atom. The van der Waals surface area contributed by atoms with Gasteiger partial charge in [-0.1, -0.05) is 19.1 Å². The molecule has 0 saturated heterocycles. The average Bonchev–Trinajstić information content (AvgIpc) is 2.87. The standard InChI is InChI=1S/C23H26O6S/c1-3-11-28-20-6-4-5-17(14-20)9-12-29-21-7-8-22-19(16-21)15-18(23(24)27-2)10-13-30(22,25)26/h4-8,14-16H,3,9-13H2,1-2H3. The molecule has 2 aromatic carbocycles. The van der Waals surface area contributed by atoms with Gasteiger partial charge in [0, 0.05) is 12.0 Å². The van der Waals surface area contributed by atoms with E-state index in [4.69, 9.17) is 14.2 Å². The summed E-state index contributed by atoms with van der Waals surface area (Å²) in [6, 6.07) is 12.7. The van der Waals surface area contributed by atoms with Crippen LogP contribution in [0.15, 0.2) is 52.9 Å². The fraction of sp³-hybridized carbons (Fsp3) is 0.348. The van der Waals surface area contributed by atoms with Crippen molar-refractivity contribution in [3.05, 3.63) is 59.2 Å². The smallest absolute Gasteiger partial charge is 0.333 e. The van der Waals surface area contributed by atoms with Crippen LogP contribution < -0.4 is 9.47 Å². The molecule has 0 spiro atoms. The first kappa shape index (κ1) is 21.9. The summed E-state index contributed by atoms with van der Waals surface area (Å²) in [5.74, 6) is 0.738. The molecule has 1 heterocycles. The van der Waals surface area contributed by atoms with E-state index in [1.54, 1.807) is 18.2 Å². The summed E-state index contributed by atoms with van der Waals surface area (Å²) >= 11 is 0. The van der Waals surface area contributed by atoms with Gasteiger partial charge in [0.25, 0.3) is 0 Å². The Balaban J connectivity index is 1.73. The minimum Gasteiger partial charge on any atom is -0.494 e. The number of carbonyl (C=O) groups is 1. The lowest BCUT2D eigenvalue weighted by atomic mass is 10.1. The minimum absolute atomic E-state index is 0.121. The predicted molar refractivity (Wildman–Crippen MR) is 115 cm³/mol. The number of methoxy groups -OCH3 is 1. The number of fused-ring (bicyclic) bond motifs is 1. The van der Waals surface area contributed by atoms with E-state index in [0.29, 0.717) is 36.5 Å². The molecule has 0 N–H and O–H groups in total. The quantitative estimate of drug-likeness (QED) is 0.592. The summed E-state index contributed by atoms with van der Waals surface area (Å²) in [6.07, 6.45) is 3.33. The Kier molecular flexibility index (Phi) is 7.15. The monoisotopic (exact) mass is 430 g/mol. The summed E-state index contributed by atoms with van der Waals surface area (Å²) in [6.45, 7) is 3.17. The Hall–Kier alpha value is -2.80. The van der Waals surface area contributed by atoms with Crippen molar-refractivity contribution in [3.8, 4) is 11.5 Å². The molecule has 0 aromatic heterocycles. The second kappa shape index (κ2) is 9.80. The first-order chi connectivity index (χ1) is 14.4. The summed E-state index contributed by atoms with van der Waals surface area (Å²) in [5, 5.41) is 0. The fourth-order valence-corrected chi connectivity index (χ4v) is 4.68. The maximum atomic E-state index is 12.5. The number of ether oxygens (including phenoxy) is 3. The summed E-state index contributed by atoms with van der Waals surface area (Å²) in [7, 11) is -2.19. The maximum Gasteiger partial charge on any atom is 0.333 e. The number of carbonyl (C=O) groups excluding carboxylic acids is 1. The normalized spacial score (nSPS) is 14.8. The zero-order valence-electron chi connectivity index (χ0n) is 17.2. The average molecular weight is 431 g/mol. The molecule has 3 rings (SSSR count). The van der Waals surface area contributed by atoms with Crippen molar-refractivity contribution >= 4 is 21.9 Å². The number of esters is 1. The number of hydrogen-bond acceptors (Lipinski definition) is 6. The lowest BCUT2D eigenvalue weighted by Crippen LogP contribution is -2.10. The van der Waals surface area contributed by atoms with Gasteiger partial charge in [0.15, 0.2) is 9.84 Å². The molecule has 1 aliphatic rings. The van der Waals surface area contributed by atoms with Crippen LogP contribution in [0.4, 0.5) is 0 Å². The van der Waals surface area contributed by atoms with Gasteiger partial charge in [0.1, 0.15) is 11.5 Å². The third-order valence-electron chi connectivity index (χ3n) is 4.76. The van der Waals surface area contributed by atoms with Crippen LogP contribution in [0, 0.1) is 0 Å². The van der Waals surface area contributed by atoms with Gasteiger partial charge in [-0.3, -0.25) is 0 Å². The Morgan fingerprint density at radius 3 is 2.57 bits per heavy atom. The van der Waals surface area contributed by atoms with Gasteiger partial charge in [-0.2, -0.15) is 0 Å². The molecule has 1 aliphatic heterocycles. The van der Waals surface area contributed by atoms with Gasteiger partial charge < -0.3 is 14.2 Å². The summed E-state index contributed by atoms with van der Waals surface area (Å²) < 4.78 is 41.3. The molecule has 0 saturated carbocycles. The Bertz CT molecular complexity index is 1040. The lowest BCUT2D eigenvalue weighted by molar-refractivity contribution is -0.136. The lowest BCUT2D eigenvalue weighted by Gasteiger charge is -2.11. The molecule has 0 atom stereocenters. The first-order valence-corrected chi connectivity index (χ1v) is 11.6. The molecule has 6 nitrogen and oxygen atoms in total. The van der Waals surface area contributed by atoms with E-state index in [-0.39, 0.29) is 17.1 Å². The molecule has 2 aromatic rings. The van der Waals surface area contributed by atoms with E-state index >= 15 is 0 Å². The maximum absolute atomic E-state index is 12.5. The third-order valence-corrected chi connectivity index (χ3v) is 6.55. The molecular weight excluding hydrogens is 404 g/mol. The third kappa shape index (κ3) is 5.42. The molecule has 0 unspecified atom stereocenters. The van der Waals surface area contributed by atoms with Crippen molar-refractivity contribution in [2.75, 3.05) is 26.1 Å². The largest absolute Gasteiger partial charge is 0.494 e. The van der Waals surface area contributed by atoms with Crippen LogP contribution >= 0.6 is 0 Å². The van der Waals surface area contributed by atoms with Gasteiger partial charge in [0.2, 0.25) is 0 Å². The summed E-state index contributed by atoms with van der Waals surface area (Å²) in [5.41, 5.74) is 1.87. The zero-order valence-corrected chi connectivity index (χ0v) is 18.0. The topological polar surface area (TPSA) is 78.9 Å². The van der Waals surface area contributed by atoms with Gasteiger partial charge in [-0.05, 0) is 60.4 Å². The van der Waals surface area contributed by atoms with Crippen molar-refractivity contribution in [1.29, 1.82) is 0 Å². The van der Waals surface area contributed by atoms with E-state index < -0.39 is 15.8 Å². The van der Waals surface area contributed by atoms with Crippen LogP contribution in [0.3, 0.4) is 0 Å². The molecule has 160 valence electrons. The number of hydrogen-bond donors (Lipinski definition) is 0. The second-order valence-corrected chi connectivity index (χ2v) is 9.10. The fourth-order valence-electron chi connectivity index (χ4n) is 3.22. The number of sulfone groups is 1. The van der Waals surface area contributed by atoms with Gasteiger partial charge in [0.05, 0.1) is 31.0 Å². The highest BCUT2D eigenvalue weighted by Gasteiger charge is 2.25. The molecule has 0 aliphatic carbocycles. The molecule has 30 heavy (non-hydrogen) atoms. The Morgan fingerprint density at radius 1 is 1.03 bits per heavy atom. The van der Waals surface area contributed by atoms with E-state index in [1.807, 2.05) is 24.3 Å². The number of rotatable bonds is 8. The molecule has 7 heteroatoms. The number of benzene rings is 2. The van der Waals surface area contributed by atoms with Crippen LogP contribution in [0.2, 0.25) is 0 Å². The molecular formula is C23H26O6S. The highest BCUT2D eigenvalue weighted by Crippen LogP contribution is 2.30. The SMILES string of the molecule is CCCOc1cccc(CCOc2ccc3c(c2)C=C(C(=O)OC)CCS3(=O)=O)c1. The van der Waals surface area contributed by atoms with Crippen molar-refractivity contribution in [1.82, 2.24) is 0 Å². The van der Waals surface area contributed by atoms with Crippen LogP contribution in [0.25, 0.3) is 6.08 Å². The molecule has 0 fully saturated rings. The molecule has 0 bridgehead atoms. The summed E-state index contributed by atoms with van der Waals surface area (Å²) in [4.78, 5) is 12.1. The highest BCUT2D eigenvalue weighted by molar-refractivity contribution is 7.91. The van der Waals surface area contributed by atoms with Gasteiger partial charge in [-0.25, -0.2) is 13.2 Å². The van der Waals surface area contributed by atoms with Crippen molar-refractivity contribution in [2.45, 2.75) is 31.1 Å². The Labute approximate surface area is 177 Å². The zero-order chi connectivity index (χ0) is 21.6. The van der Waals surface area contributed by atoms with Crippen molar-refractivity contribution in [2.24, 2.45) is 0 Å². The van der Waals surface area contributed by atoms with E-state index in [1.165, 1.54) is 13.2 Å². The van der Waals surface area contributed by atoms with Crippen LogP contribution in [-0.2, 0) is 25.8 Å². The van der Waals surface area contributed by atoms with Crippen molar-refractivity contribution < 1.29 is 27.4 Å². The second-order valence-electron chi connectivity index (χ2n) is 7.02. The van der Waals surface area contributed by atoms with Crippen LogP contribution in [0.5, 0.6) is 11.5 Å². The predicted octanol–water partition coefficient (Wildman–Crippen LogP) is 3.83. The van der Waals surface area contributed by atoms with Crippen molar-refractivity contribution in [3.63, 3.8) is 0 Å². The minimum atomic E-state index is -3.48. The van der Waals surface area contributed by atoms with E-state index in [9.17, 15) is 13.2 Å². The van der Waals surface area contributed by atoms with Crippen LogP contribution in [0.1, 0.15) is 30.9 Å². The van der Waals surface area contributed by atoms with Crippen LogP contribution in [-0.4, -0.2) is 40.5 Å². The first-order valence-electron chi connectivity index (χ1n) is 9.93. The highest BCUT2D eigenvalue weighted by atomic mass is 32.2. The van der Waals surface area contributed by atoms with Gasteiger partial charge in [-0.15, -0.1) is 0 Å². The molecule has 0 radical (unpaired) electrons. The van der Waals surface area contributed by atoms with E-state index in [0.717, 1.165) is 17.7 Å². The molecule has 0 amide bonds. The van der Waals surface area contributed by atoms with E-state index in [2.05, 4.69) is 6.92 Å². The van der Waals surface area contributed by atoms with Gasteiger partial charge >= 0.3 is 5.97 Å².